The lowest BCUT2D eigenvalue weighted by molar-refractivity contribution is -0.116. The summed E-state index contributed by atoms with van der Waals surface area (Å²) < 4.78 is 10.8. The summed E-state index contributed by atoms with van der Waals surface area (Å²) >= 11 is 2.67. The van der Waals surface area contributed by atoms with E-state index in [0.29, 0.717) is 39.5 Å². The maximum atomic E-state index is 13.9. The number of hydrogen-bond acceptors (Lipinski definition) is 8. The van der Waals surface area contributed by atoms with Crippen molar-refractivity contribution in [2.24, 2.45) is 0 Å². The van der Waals surface area contributed by atoms with E-state index in [4.69, 9.17) is 9.47 Å². The van der Waals surface area contributed by atoms with Gasteiger partial charge in [0.05, 0.1) is 19.9 Å². The third-order valence-corrected chi connectivity index (χ3v) is 10.5. The van der Waals surface area contributed by atoms with E-state index in [1.165, 1.54) is 28.7 Å². The van der Waals surface area contributed by atoms with Crippen LogP contribution in [0.2, 0.25) is 0 Å². The first-order valence-corrected chi connectivity index (χ1v) is 19.3. The number of rotatable bonds is 14. The molecule has 1 aromatic heterocycles. The molecule has 9 nitrogen and oxygen atoms in total. The van der Waals surface area contributed by atoms with Crippen molar-refractivity contribution in [1.82, 2.24) is 10.3 Å². The van der Waals surface area contributed by atoms with Gasteiger partial charge in [-0.3, -0.25) is 14.4 Å². The molecule has 5 aromatic carbocycles. The smallest absolute Gasteiger partial charge is 0.272 e. The summed E-state index contributed by atoms with van der Waals surface area (Å²) in [5.74, 6) is 0.394. The van der Waals surface area contributed by atoms with Crippen LogP contribution >= 0.6 is 23.1 Å². The van der Waals surface area contributed by atoms with Crippen LogP contribution in [0.3, 0.4) is 0 Å². The Kier molecular flexibility index (Phi) is 12.8. The van der Waals surface area contributed by atoms with Gasteiger partial charge in [0.2, 0.25) is 5.91 Å². The van der Waals surface area contributed by atoms with Gasteiger partial charge in [-0.1, -0.05) is 92.7 Å². The van der Waals surface area contributed by atoms with E-state index in [1.54, 1.807) is 56.7 Å². The number of carbonyl (C=O) groups excluding carboxylic acids is 3. The number of anilines is 2. The largest absolute Gasteiger partial charge is 0.493 e. The van der Waals surface area contributed by atoms with Gasteiger partial charge < -0.3 is 25.4 Å². The molecule has 0 aliphatic heterocycles. The van der Waals surface area contributed by atoms with Gasteiger partial charge >= 0.3 is 0 Å². The average molecular weight is 769 g/mol. The minimum Gasteiger partial charge on any atom is -0.493 e. The molecule has 0 aliphatic carbocycles. The van der Waals surface area contributed by atoms with Crippen molar-refractivity contribution in [3.63, 3.8) is 0 Å². The van der Waals surface area contributed by atoms with Crippen molar-refractivity contribution in [3.05, 3.63) is 161 Å². The van der Waals surface area contributed by atoms with E-state index >= 15 is 0 Å². The van der Waals surface area contributed by atoms with Crippen molar-refractivity contribution in [2.45, 2.75) is 29.9 Å². The lowest BCUT2D eigenvalue weighted by Gasteiger charge is -2.17. The van der Waals surface area contributed by atoms with Crippen LogP contribution in [0, 0.1) is 0 Å². The lowest BCUT2D eigenvalue weighted by atomic mass is 10.0. The number of carbonyl (C=O) groups is 3. The molecule has 55 heavy (non-hydrogen) atoms. The van der Waals surface area contributed by atoms with E-state index in [-0.39, 0.29) is 11.6 Å². The van der Waals surface area contributed by atoms with Crippen LogP contribution in [-0.2, 0) is 9.59 Å². The van der Waals surface area contributed by atoms with Crippen molar-refractivity contribution in [3.8, 4) is 22.8 Å². The second kappa shape index (κ2) is 18.2. The summed E-state index contributed by atoms with van der Waals surface area (Å²) in [6, 6.07) is 38.9. The number of methoxy groups -OCH3 is 2. The van der Waals surface area contributed by atoms with Crippen LogP contribution in [0.15, 0.2) is 143 Å². The number of amides is 3. The number of aromatic nitrogens is 1. The Morgan fingerprint density at radius 3 is 2.15 bits per heavy atom. The SMILES string of the molecule is COc1ccc(-c2csc(NC(=O)C(Sc3cccc(NC(=O)/C(=C\c4ccc(C(C)C)cc4)NC(=O)c4ccccc4)c3)c3ccccc3)n2)cc1OC. The summed E-state index contributed by atoms with van der Waals surface area (Å²) in [6.45, 7) is 4.23. The van der Waals surface area contributed by atoms with Gasteiger partial charge in [-0.2, -0.15) is 0 Å². The first-order valence-electron chi connectivity index (χ1n) is 17.5. The van der Waals surface area contributed by atoms with Crippen molar-refractivity contribution >= 4 is 57.7 Å². The molecule has 11 heteroatoms. The summed E-state index contributed by atoms with van der Waals surface area (Å²) in [6.07, 6.45) is 1.66. The third-order valence-electron chi connectivity index (χ3n) is 8.54. The van der Waals surface area contributed by atoms with Gasteiger partial charge in [0, 0.05) is 27.1 Å². The highest BCUT2D eigenvalue weighted by molar-refractivity contribution is 8.00. The molecule has 278 valence electrons. The van der Waals surface area contributed by atoms with Gasteiger partial charge in [-0.25, -0.2) is 4.98 Å². The maximum absolute atomic E-state index is 13.9. The summed E-state index contributed by atoms with van der Waals surface area (Å²) in [5, 5.41) is 10.4. The second-order valence-corrected chi connectivity index (χ2v) is 14.7. The molecule has 0 spiro atoms. The second-order valence-electron chi connectivity index (χ2n) is 12.7. The molecule has 1 heterocycles. The third kappa shape index (κ3) is 10.1. The fraction of sp³-hybridized carbons (Fsp3) is 0.136. The summed E-state index contributed by atoms with van der Waals surface area (Å²) in [4.78, 5) is 46.4. The van der Waals surface area contributed by atoms with E-state index in [2.05, 4.69) is 34.8 Å². The lowest BCUT2D eigenvalue weighted by Crippen LogP contribution is -2.30. The Morgan fingerprint density at radius 2 is 1.45 bits per heavy atom. The van der Waals surface area contributed by atoms with Crippen LogP contribution in [0.1, 0.15) is 52.1 Å². The Balaban J connectivity index is 1.21. The molecule has 3 N–H and O–H groups in total. The van der Waals surface area contributed by atoms with E-state index < -0.39 is 17.1 Å². The number of nitrogens with one attached hydrogen (secondary N) is 3. The summed E-state index contributed by atoms with van der Waals surface area (Å²) in [7, 11) is 3.16. The standard InChI is InChI=1S/C44H40N4O5S2/c1-28(2)30-20-18-29(19-21-30)24-36(46-41(49)32-14-9-6-10-15-32)42(50)45-34-16-11-17-35(26-34)55-40(31-12-7-5-8-13-31)43(51)48-44-47-37(27-54-44)33-22-23-38(52-3)39(25-33)53-4/h5-28,40H,1-4H3,(H,45,50)(H,46,49)(H,47,48,51)/b36-24+. The normalized spacial score (nSPS) is 11.8. The summed E-state index contributed by atoms with van der Waals surface area (Å²) in [5.41, 5.74) is 5.25. The minimum atomic E-state index is -0.644. The van der Waals surface area contributed by atoms with Gasteiger partial charge in [0.25, 0.3) is 11.8 Å². The quantitative estimate of drug-likeness (QED) is 0.0746. The van der Waals surface area contributed by atoms with E-state index in [1.807, 2.05) is 96.4 Å². The Bertz CT molecular complexity index is 2290. The average Bonchev–Trinajstić information content (AvgIpc) is 3.68. The van der Waals surface area contributed by atoms with E-state index in [9.17, 15) is 14.4 Å². The zero-order valence-corrected chi connectivity index (χ0v) is 32.4. The molecule has 6 rings (SSSR count). The van der Waals surface area contributed by atoms with Crippen LogP contribution in [0.5, 0.6) is 11.5 Å². The van der Waals surface area contributed by atoms with Crippen molar-refractivity contribution in [2.75, 3.05) is 24.9 Å². The van der Waals surface area contributed by atoms with Crippen molar-refractivity contribution < 1.29 is 23.9 Å². The molecule has 0 aliphatic rings. The molecule has 0 bridgehead atoms. The molecular weight excluding hydrogens is 729 g/mol. The minimum absolute atomic E-state index is 0.0849. The number of thiazole rings is 1. The number of nitrogens with zero attached hydrogens (tertiary/aromatic N) is 1. The predicted molar refractivity (Wildman–Crippen MR) is 222 cm³/mol. The van der Waals surface area contributed by atoms with Gasteiger partial charge in [0.1, 0.15) is 10.9 Å². The van der Waals surface area contributed by atoms with Crippen LogP contribution in [0.25, 0.3) is 17.3 Å². The zero-order valence-electron chi connectivity index (χ0n) is 30.7. The molecule has 1 atom stereocenters. The molecule has 0 fully saturated rings. The fourth-order valence-electron chi connectivity index (χ4n) is 5.60. The fourth-order valence-corrected chi connectivity index (χ4v) is 7.40. The molecular formula is C44H40N4O5S2. The van der Waals surface area contributed by atoms with E-state index in [0.717, 1.165) is 21.6 Å². The van der Waals surface area contributed by atoms with Crippen LogP contribution in [0.4, 0.5) is 10.8 Å². The van der Waals surface area contributed by atoms with Gasteiger partial charge in [-0.05, 0) is 77.2 Å². The molecule has 3 amide bonds. The number of thioether (sulfide) groups is 1. The first-order chi connectivity index (χ1) is 26.7. The molecule has 1 unspecified atom stereocenters. The van der Waals surface area contributed by atoms with Gasteiger partial charge in [0.15, 0.2) is 16.6 Å². The highest BCUT2D eigenvalue weighted by Gasteiger charge is 2.24. The molecule has 6 aromatic rings. The molecule has 0 radical (unpaired) electrons. The van der Waals surface area contributed by atoms with Gasteiger partial charge in [-0.15, -0.1) is 23.1 Å². The number of ether oxygens (including phenoxy) is 2. The van der Waals surface area contributed by atoms with Crippen LogP contribution in [-0.4, -0.2) is 36.9 Å². The van der Waals surface area contributed by atoms with Crippen molar-refractivity contribution in [1.29, 1.82) is 0 Å². The Morgan fingerprint density at radius 1 is 0.745 bits per heavy atom. The maximum Gasteiger partial charge on any atom is 0.272 e. The Labute approximate surface area is 328 Å². The monoisotopic (exact) mass is 768 g/mol. The highest BCUT2D eigenvalue weighted by atomic mass is 32.2. The number of hydrogen-bond donors (Lipinski definition) is 3. The zero-order chi connectivity index (χ0) is 38.7. The highest BCUT2D eigenvalue weighted by Crippen LogP contribution is 2.38. The first kappa shape index (κ1) is 38.6. The van der Waals surface area contributed by atoms with Crippen LogP contribution < -0.4 is 25.4 Å². The molecule has 0 saturated heterocycles. The number of benzene rings is 5. The molecule has 0 saturated carbocycles. The Hall–Kier alpha value is -6.17. The predicted octanol–water partition coefficient (Wildman–Crippen LogP) is 9.83. The topological polar surface area (TPSA) is 119 Å².